The first-order valence-corrected chi connectivity index (χ1v) is 10.9. The van der Waals surface area contributed by atoms with E-state index in [0.29, 0.717) is 27.8 Å². The first-order valence-electron chi connectivity index (χ1n) is 9.60. The molecule has 0 radical (unpaired) electrons. The number of imidazole rings is 1. The molecule has 4 aromatic rings. The van der Waals surface area contributed by atoms with Crippen LogP contribution < -0.4 is 15.8 Å². The van der Waals surface area contributed by atoms with Gasteiger partial charge in [-0.2, -0.15) is 0 Å². The van der Waals surface area contributed by atoms with Gasteiger partial charge in [0, 0.05) is 18.7 Å². The maximum Gasteiger partial charge on any atom is 0.255 e. The van der Waals surface area contributed by atoms with Gasteiger partial charge >= 0.3 is 0 Å². The van der Waals surface area contributed by atoms with Gasteiger partial charge in [0.2, 0.25) is 0 Å². The Morgan fingerprint density at radius 3 is 2.58 bits per heavy atom. The highest BCUT2D eigenvalue weighted by molar-refractivity contribution is 7.84. The Balaban J connectivity index is 1.48. The predicted octanol–water partition coefficient (Wildman–Crippen LogP) is 3.72. The third kappa shape index (κ3) is 4.29. The predicted molar refractivity (Wildman–Crippen MR) is 123 cm³/mol. The van der Waals surface area contributed by atoms with E-state index in [4.69, 9.17) is 10.5 Å². The number of nitrogens with two attached hydrogens (primary N) is 1. The summed E-state index contributed by atoms with van der Waals surface area (Å²) in [5, 5.41) is 3.29. The van der Waals surface area contributed by atoms with Gasteiger partial charge in [0.05, 0.1) is 46.1 Å². The van der Waals surface area contributed by atoms with Crippen LogP contribution in [0.3, 0.4) is 0 Å². The van der Waals surface area contributed by atoms with Crippen LogP contribution in [0.25, 0.3) is 11.0 Å². The molecule has 3 N–H and O–H groups in total. The molecule has 8 heteroatoms. The lowest BCUT2D eigenvalue weighted by molar-refractivity contribution is 0.102. The summed E-state index contributed by atoms with van der Waals surface area (Å²) in [7, 11) is 2.10. The summed E-state index contributed by atoms with van der Waals surface area (Å²) < 4.78 is 20.0. The number of aromatic nitrogens is 2. The average Bonchev–Trinajstić information content (AvgIpc) is 3.11. The van der Waals surface area contributed by atoms with Crippen molar-refractivity contribution in [2.75, 3.05) is 18.2 Å². The van der Waals surface area contributed by atoms with Crippen LogP contribution in [-0.2, 0) is 23.6 Å². The minimum Gasteiger partial charge on any atom is -0.497 e. The molecule has 7 nitrogen and oxygen atoms in total. The lowest BCUT2D eigenvalue weighted by atomic mass is 10.1. The highest BCUT2D eigenvalue weighted by Crippen LogP contribution is 2.24. The summed E-state index contributed by atoms with van der Waals surface area (Å²) in [4.78, 5) is 17.0. The molecular formula is C23H22N4O3S. The monoisotopic (exact) mass is 434 g/mol. The van der Waals surface area contributed by atoms with Gasteiger partial charge < -0.3 is 20.4 Å². The number of nitrogens with zero attached hydrogens (tertiary/aromatic N) is 2. The summed E-state index contributed by atoms with van der Waals surface area (Å²) in [5.41, 5.74) is 9.90. The fourth-order valence-corrected chi connectivity index (χ4v) is 4.48. The standard InChI is InChI=1S/C23H22N4O3S/c1-27-21-13-17(30-2)11-12-20(21)26-23(27)31(29)14-15-7-9-16(10-8-15)22(28)25-19-6-4-3-5-18(19)24/h3-13H,14,24H2,1-2H3,(H,25,28). The van der Waals surface area contributed by atoms with Crippen molar-refractivity contribution in [1.29, 1.82) is 0 Å². The second kappa shape index (κ2) is 8.61. The highest BCUT2D eigenvalue weighted by atomic mass is 32.2. The molecule has 4 rings (SSSR count). The zero-order valence-corrected chi connectivity index (χ0v) is 18.0. The third-order valence-electron chi connectivity index (χ3n) is 4.97. The topological polar surface area (TPSA) is 99.2 Å². The smallest absolute Gasteiger partial charge is 0.255 e. The maximum absolute atomic E-state index is 13.0. The second-order valence-corrected chi connectivity index (χ2v) is 8.38. The Labute approximate surface area is 182 Å². The first kappa shape index (κ1) is 20.6. The van der Waals surface area contributed by atoms with Crippen molar-refractivity contribution in [1.82, 2.24) is 9.55 Å². The number of amides is 1. The maximum atomic E-state index is 13.0. The average molecular weight is 435 g/mol. The molecule has 0 saturated carbocycles. The molecule has 0 spiro atoms. The summed E-state index contributed by atoms with van der Waals surface area (Å²) in [6.07, 6.45) is 0. The zero-order valence-electron chi connectivity index (χ0n) is 17.2. The van der Waals surface area contributed by atoms with Crippen LogP contribution in [-0.4, -0.2) is 26.8 Å². The lowest BCUT2D eigenvalue weighted by Crippen LogP contribution is -2.13. The molecule has 158 valence electrons. The molecule has 0 aliphatic rings. The van der Waals surface area contributed by atoms with Crippen LogP contribution in [0, 0.1) is 0 Å². The fraction of sp³-hybridized carbons (Fsp3) is 0.130. The summed E-state index contributed by atoms with van der Waals surface area (Å²) >= 11 is 0. The van der Waals surface area contributed by atoms with Gasteiger partial charge in [-0.1, -0.05) is 24.3 Å². The van der Waals surface area contributed by atoms with E-state index in [1.165, 1.54) is 0 Å². The van der Waals surface area contributed by atoms with Crippen molar-refractivity contribution in [2.24, 2.45) is 7.05 Å². The van der Waals surface area contributed by atoms with Crippen molar-refractivity contribution < 1.29 is 13.7 Å². The highest BCUT2D eigenvalue weighted by Gasteiger charge is 2.16. The van der Waals surface area contributed by atoms with Crippen LogP contribution in [0.15, 0.2) is 71.9 Å². The van der Waals surface area contributed by atoms with Crippen molar-refractivity contribution in [2.45, 2.75) is 10.9 Å². The van der Waals surface area contributed by atoms with Crippen molar-refractivity contribution >= 4 is 39.1 Å². The molecule has 0 aliphatic carbocycles. The van der Waals surface area contributed by atoms with E-state index in [2.05, 4.69) is 10.3 Å². The Kier molecular flexibility index (Phi) is 5.73. The van der Waals surface area contributed by atoms with Crippen LogP contribution >= 0.6 is 0 Å². The molecule has 0 fully saturated rings. The summed E-state index contributed by atoms with van der Waals surface area (Å²) in [6.45, 7) is 0. The molecule has 1 aromatic heterocycles. The van der Waals surface area contributed by atoms with E-state index in [0.717, 1.165) is 22.3 Å². The molecule has 31 heavy (non-hydrogen) atoms. The van der Waals surface area contributed by atoms with Gasteiger partial charge in [-0.25, -0.2) is 4.98 Å². The van der Waals surface area contributed by atoms with Gasteiger partial charge in [0.15, 0.2) is 5.16 Å². The number of carbonyl (C=O) groups excluding carboxylic acids is 1. The summed E-state index contributed by atoms with van der Waals surface area (Å²) in [6, 6.07) is 19.7. The van der Waals surface area contributed by atoms with E-state index >= 15 is 0 Å². The largest absolute Gasteiger partial charge is 0.497 e. The normalized spacial score (nSPS) is 11.9. The third-order valence-corrected chi connectivity index (χ3v) is 6.34. The number of ether oxygens (including phenoxy) is 1. The van der Waals surface area contributed by atoms with E-state index in [9.17, 15) is 9.00 Å². The van der Waals surface area contributed by atoms with Crippen molar-refractivity contribution in [3.63, 3.8) is 0 Å². The number of methoxy groups -OCH3 is 1. The van der Waals surface area contributed by atoms with E-state index in [1.54, 1.807) is 49.6 Å². The van der Waals surface area contributed by atoms with Gasteiger partial charge in [-0.15, -0.1) is 0 Å². The number of anilines is 2. The molecule has 0 aliphatic heterocycles. The zero-order chi connectivity index (χ0) is 22.0. The van der Waals surface area contributed by atoms with Crippen LogP contribution in [0.4, 0.5) is 11.4 Å². The Morgan fingerprint density at radius 2 is 1.87 bits per heavy atom. The SMILES string of the molecule is COc1ccc2nc(S(=O)Cc3ccc(C(=O)Nc4ccccc4N)cc3)n(C)c2c1. The lowest BCUT2D eigenvalue weighted by Gasteiger charge is -2.08. The molecular weight excluding hydrogens is 412 g/mol. The quantitative estimate of drug-likeness (QED) is 0.451. The van der Waals surface area contributed by atoms with Crippen molar-refractivity contribution in [3.05, 3.63) is 77.9 Å². The Bertz CT molecular complexity index is 1280. The molecule has 1 atom stereocenters. The molecule has 0 saturated heterocycles. The first-order chi connectivity index (χ1) is 15.0. The van der Waals surface area contributed by atoms with Gasteiger partial charge in [-0.3, -0.25) is 9.00 Å². The van der Waals surface area contributed by atoms with Crippen LogP contribution in [0.1, 0.15) is 15.9 Å². The van der Waals surface area contributed by atoms with Crippen LogP contribution in [0.5, 0.6) is 5.75 Å². The minimum atomic E-state index is -1.35. The van der Waals surface area contributed by atoms with E-state index in [1.807, 2.05) is 35.9 Å². The number of para-hydroxylation sites is 2. The number of rotatable bonds is 6. The number of fused-ring (bicyclic) bond motifs is 1. The van der Waals surface area contributed by atoms with Crippen LogP contribution in [0.2, 0.25) is 0 Å². The molecule has 1 unspecified atom stereocenters. The number of hydrogen-bond donors (Lipinski definition) is 2. The number of nitrogens with one attached hydrogen (secondary N) is 1. The summed E-state index contributed by atoms with van der Waals surface area (Å²) in [5.74, 6) is 0.760. The van der Waals surface area contributed by atoms with Gasteiger partial charge in [0.1, 0.15) is 5.75 Å². The molecule has 1 heterocycles. The van der Waals surface area contributed by atoms with Gasteiger partial charge in [0.25, 0.3) is 5.91 Å². The second-order valence-electron chi connectivity index (χ2n) is 7.04. The number of benzene rings is 3. The molecule has 0 bridgehead atoms. The van der Waals surface area contributed by atoms with Crippen molar-refractivity contribution in [3.8, 4) is 5.75 Å². The number of carbonyl (C=O) groups is 1. The fourth-order valence-electron chi connectivity index (χ4n) is 3.25. The number of hydrogen-bond acceptors (Lipinski definition) is 5. The van der Waals surface area contributed by atoms with E-state index in [-0.39, 0.29) is 5.91 Å². The minimum absolute atomic E-state index is 0.255. The molecule has 3 aromatic carbocycles. The Morgan fingerprint density at radius 1 is 1.13 bits per heavy atom. The van der Waals surface area contributed by atoms with Gasteiger partial charge in [-0.05, 0) is 42.0 Å². The number of nitrogen functional groups attached to an aromatic ring is 1. The van der Waals surface area contributed by atoms with E-state index < -0.39 is 10.8 Å². The molecule has 1 amide bonds. The number of aryl methyl sites for hydroxylation is 1. The Hall–Kier alpha value is -3.65.